The first kappa shape index (κ1) is 19.2. The molecular weight excluding hydrogens is 388 g/mol. The van der Waals surface area contributed by atoms with E-state index in [1.165, 1.54) is 0 Å². The molecule has 4 rings (SSSR count). The molecule has 1 aliphatic rings. The summed E-state index contributed by atoms with van der Waals surface area (Å²) in [6.45, 7) is 4.56. The fraction of sp³-hybridized carbons (Fsp3) is 0.227. The highest BCUT2D eigenvalue weighted by Gasteiger charge is 2.35. The predicted octanol–water partition coefficient (Wildman–Crippen LogP) is 5.30. The quantitative estimate of drug-likeness (QED) is 0.622. The van der Waals surface area contributed by atoms with E-state index in [-0.39, 0.29) is 12.1 Å². The van der Waals surface area contributed by atoms with E-state index in [4.69, 9.17) is 16.1 Å². The molecule has 3 aromatic rings. The minimum atomic E-state index is -0.371. The Hall–Kier alpha value is -3.12. The summed E-state index contributed by atoms with van der Waals surface area (Å²) in [6.07, 6.45) is 0.839. The first-order valence-corrected chi connectivity index (χ1v) is 9.90. The minimum absolute atomic E-state index is 0.128. The van der Waals surface area contributed by atoms with E-state index < -0.39 is 0 Å². The molecule has 1 unspecified atom stereocenters. The molecule has 7 heteroatoms. The van der Waals surface area contributed by atoms with Crippen molar-refractivity contribution in [1.29, 1.82) is 0 Å². The molecule has 1 N–H and O–H groups in total. The van der Waals surface area contributed by atoms with Crippen molar-refractivity contribution in [3.8, 4) is 11.4 Å². The third-order valence-corrected chi connectivity index (χ3v) is 5.15. The van der Waals surface area contributed by atoms with Gasteiger partial charge in [-0.15, -0.1) is 0 Å². The van der Waals surface area contributed by atoms with Crippen molar-refractivity contribution < 1.29 is 9.32 Å². The molecule has 2 amide bonds. The Balaban J connectivity index is 1.81. The predicted molar refractivity (Wildman–Crippen MR) is 112 cm³/mol. The van der Waals surface area contributed by atoms with Crippen molar-refractivity contribution in [2.24, 2.45) is 0 Å². The fourth-order valence-electron chi connectivity index (χ4n) is 3.52. The number of aromatic nitrogens is 2. The number of nitrogens with one attached hydrogen (secondary N) is 1. The number of carbonyl (C=O) groups excluding carboxylic acids is 1. The zero-order valence-electron chi connectivity index (χ0n) is 16.2. The molecule has 0 saturated heterocycles. The van der Waals surface area contributed by atoms with Gasteiger partial charge in [0.15, 0.2) is 0 Å². The van der Waals surface area contributed by atoms with Crippen LogP contribution in [0.4, 0.5) is 4.79 Å². The lowest BCUT2D eigenvalue weighted by Gasteiger charge is -2.35. The summed E-state index contributed by atoms with van der Waals surface area (Å²) in [6, 6.07) is 16.6. The first-order valence-electron chi connectivity index (χ1n) is 9.52. The molecule has 29 heavy (non-hydrogen) atoms. The van der Waals surface area contributed by atoms with Crippen LogP contribution in [0.3, 0.4) is 0 Å². The van der Waals surface area contributed by atoms with Gasteiger partial charge < -0.3 is 9.84 Å². The van der Waals surface area contributed by atoms with Crippen molar-refractivity contribution in [3.05, 3.63) is 76.8 Å². The molecular formula is C22H21ClN4O2. The van der Waals surface area contributed by atoms with Crippen LogP contribution in [-0.2, 0) is 0 Å². The average Bonchev–Trinajstić information content (AvgIpc) is 3.21. The Kier molecular flexibility index (Phi) is 5.36. The number of nitrogens with zero attached hydrogens (tertiary/aromatic N) is 3. The second kappa shape index (κ2) is 8.09. The van der Waals surface area contributed by atoms with Gasteiger partial charge in [0.2, 0.25) is 5.82 Å². The van der Waals surface area contributed by atoms with Gasteiger partial charge in [0.1, 0.15) is 0 Å². The van der Waals surface area contributed by atoms with Crippen LogP contribution < -0.4 is 5.32 Å². The summed E-state index contributed by atoms with van der Waals surface area (Å²) in [5.41, 5.74) is 3.33. The van der Waals surface area contributed by atoms with Gasteiger partial charge in [0, 0.05) is 22.8 Å². The Morgan fingerprint density at radius 2 is 1.97 bits per heavy atom. The second-order valence-electron chi connectivity index (χ2n) is 6.88. The highest BCUT2D eigenvalue weighted by molar-refractivity contribution is 6.30. The molecule has 0 radical (unpaired) electrons. The Morgan fingerprint density at radius 3 is 2.69 bits per heavy atom. The number of amides is 2. The van der Waals surface area contributed by atoms with E-state index in [9.17, 15) is 4.79 Å². The van der Waals surface area contributed by atoms with Crippen molar-refractivity contribution in [1.82, 2.24) is 20.4 Å². The molecule has 1 aromatic heterocycles. The summed E-state index contributed by atoms with van der Waals surface area (Å²) >= 11 is 6.10. The first-order chi connectivity index (χ1) is 14.1. The molecule has 0 aliphatic carbocycles. The van der Waals surface area contributed by atoms with Crippen LogP contribution in [0.2, 0.25) is 5.02 Å². The van der Waals surface area contributed by atoms with Gasteiger partial charge in [-0.05, 0) is 31.0 Å². The highest BCUT2D eigenvalue weighted by atomic mass is 35.5. The molecule has 0 bridgehead atoms. The van der Waals surface area contributed by atoms with E-state index in [2.05, 4.69) is 15.5 Å². The van der Waals surface area contributed by atoms with Crippen LogP contribution >= 0.6 is 11.6 Å². The van der Waals surface area contributed by atoms with Crippen molar-refractivity contribution in [2.75, 3.05) is 6.54 Å². The molecule has 6 nitrogen and oxygen atoms in total. The molecule has 0 spiro atoms. The van der Waals surface area contributed by atoms with Gasteiger partial charge in [0.05, 0.1) is 11.6 Å². The topological polar surface area (TPSA) is 71.3 Å². The molecule has 1 atom stereocenters. The minimum Gasteiger partial charge on any atom is -0.334 e. The lowest BCUT2D eigenvalue weighted by molar-refractivity contribution is 0.205. The fourth-order valence-corrected chi connectivity index (χ4v) is 3.71. The van der Waals surface area contributed by atoms with Gasteiger partial charge >= 0.3 is 6.03 Å². The van der Waals surface area contributed by atoms with Crippen molar-refractivity contribution in [2.45, 2.75) is 26.3 Å². The summed E-state index contributed by atoms with van der Waals surface area (Å²) in [5, 5.41) is 7.83. The summed E-state index contributed by atoms with van der Waals surface area (Å²) < 4.78 is 5.64. The summed E-state index contributed by atoms with van der Waals surface area (Å²) in [5.74, 6) is 0.834. The zero-order chi connectivity index (χ0) is 20.4. The standard InChI is InChI=1S/C22H21ClN4O2/c1-3-12-27-14(2)18(19(24-22(27)28)15-8-5-4-6-9-15)21-25-20(26-29-21)16-10-7-11-17(23)13-16/h4-11,13,19H,3,12H2,1-2H3,(H,24,28). The number of benzene rings is 2. The van der Waals surface area contributed by atoms with E-state index in [0.29, 0.717) is 23.3 Å². The lowest BCUT2D eigenvalue weighted by atomic mass is 9.94. The Labute approximate surface area is 174 Å². The normalized spacial score (nSPS) is 16.9. The van der Waals surface area contributed by atoms with Crippen LogP contribution in [0.5, 0.6) is 0 Å². The van der Waals surface area contributed by atoms with Crippen LogP contribution in [0, 0.1) is 0 Å². The second-order valence-corrected chi connectivity index (χ2v) is 7.31. The molecule has 0 saturated carbocycles. The van der Waals surface area contributed by atoms with Crippen LogP contribution in [-0.4, -0.2) is 27.6 Å². The number of hydrogen-bond donors (Lipinski definition) is 1. The number of allylic oxidation sites excluding steroid dienone is 1. The number of hydrogen-bond acceptors (Lipinski definition) is 4. The summed E-state index contributed by atoms with van der Waals surface area (Å²) in [4.78, 5) is 19.1. The average molecular weight is 409 g/mol. The van der Waals surface area contributed by atoms with Gasteiger partial charge in [-0.2, -0.15) is 4.98 Å². The molecule has 1 aliphatic heterocycles. The van der Waals surface area contributed by atoms with Crippen molar-refractivity contribution in [3.63, 3.8) is 0 Å². The van der Waals surface area contributed by atoms with E-state index in [1.807, 2.05) is 56.3 Å². The number of halogens is 1. The van der Waals surface area contributed by atoms with Crippen molar-refractivity contribution >= 4 is 23.2 Å². The van der Waals surface area contributed by atoms with E-state index in [1.54, 1.807) is 17.0 Å². The van der Waals surface area contributed by atoms with Gasteiger partial charge in [-0.1, -0.05) is 66.1 Å². The van der Waals surface area contributed by atoms with Gasteiger partial charge in [0.25, 0.3) is 5.89 Å². The lowest BCUT2D eigenvalue weighted by Crippen LogP contribution is -2.46. The van der Waals surface area contributed by atoms with Gasteiger partial charge in [-0.25, -0.2) is 4.79 Å². The van der Waals surface area contributed by atoms with Gasteiger partial charge in [-0.3, -0.25) is 4.90 Å². The highest BCUT2D eigenvalue weighted by Crippen LogP contribution is 2.37. The Bertz CT molecular complexity index is 1060. The maximum absolute atomic E-state index is 12.7. The molecule has 148 valence electrons. The SMILES string of the molecule is CCCN1C(=O)NC(c2ccccc2)C(c2nc(-c3cccc(Cl)c3)no2)=C1C. The van der Waals surface area contributed by atoms with E-state index in [0.717, 1.165) is 28.8 Å². The maximum Gasteiger partial charge on any atom is 0.322 e. The third kappa shape index (κ3) is 3.76. The van der Waals surface area contributed by atoms with Crippen LogP contribution in [0.25, 0.3) is 17.0 Å². The number of urea groups is 1. The monoisotopic (exact) mass is 408 g/mol. The maximum atomic E-state index is 12.7. The zero-order valence-corrected chi connectivity index (χ0v) is 17.0. The molecule has 2 heterocycles. The number of carbonyl (C=O) groups is 1. The Morgan fingerprint density at radius 1 is 1.17 bits per heavy atom. The number of rotatable bonds is 5. The molecule has 0 fully saturated rings. The van der Waals surface area contributed by atoms with Crippen LogP contribution in [0.1, 0.15) is 37.8 Å². The third-order valence-electron chi connectivity index (χ3n) is 4.92. The van der Waals surface area contributed by atoms with E-state index >= 15 is 0 Å². The largest absolute Gasteiger partial charge is 0.334 e. The smallest absolute Gasteiger partial charge is 0.322 e. The van der Waals surface area contributed by atoms with Crippen LogP contribution in [0.15, 0.2) is 64.8 Å². The molecule has 2 aromatic carbocycles. The summed E-state index contributed by atoms with van der Waals surface area (Å²) in [7, 11) is 0.